The Hall–Kier alpha value is -3.14. The molecule has 0 bridgehead atoms. The molecule has 2 rings (SSSR count). The smallest absolute Gasteiger partial charge is 0.360 e. The number of nitrogens with one attached hydrogen (secondary N) is 1. The second kappa shape index (κ2) is 10.3. The van der Waals surface area contributed by atoms with Crippen molar-refractivity contribution in [2.24, 2.45) is 11.5 Å². The summed E-state index contributed by atoms with van der Waals surface area (Å²) in [4.78, 5) is 36.7. The number of carbonyl (C=O) groups is 3. The lowest BCUT2D eigenvalue weighted by molar-refractivity contribution is -0.122. The Kier molecular flexibility index (Phi) is 7.76. The Labute approximate surface area is 162 Å². The van der Waals surface area contributed by atoms with Crippen LogP contribution in [0, 0.1) is 0 Å². The zero-order chi connectivity index (χ0) is 20.5. The first-order valence-electron chi connectivity index (χ1n) is 9.12. The fourth-order valence-corrected chi connectivity index (χ4v) is 2.62. The lowest BCUT2D eigenvalue weighted by Gasteiger charge is -2.17. The van der Waals surface area contributed by atoms with Crippen LogP contribution in [0.1, 0.15) is 43.5 Å². The van der Waals surface area contributed by atoms with E-state index in [1.54, 1.807) is 0 Å². The summed E-state index contributed by atoms with van der Waals surface area (Å²) in [6.07, 6.45) is 1.19. The number of nitrogens with two attached hydrogens (primary N) is 2. The van der Waals surface area contributed by atoms with Crippen molar-refractivity contribution in [3.05, 3.63) is 41.7 Å². The second-order valence-electron chi connectivity index (χ2n) is 6.43. The number of Topliss-reactive ketones (excluding diaryl/α,β-unsaturated/α-hetero) is 1. The average Bonchev–Trinajstić information content (AvgIpc) is 3.18. The highest BCUT2D eigenvalue weighted by Gasteiger charge is 2.30. The summed E-state index contributed by atoms with van der Waals surface area (Å²) in [6.45, 7) is 2.39. The highest BCUT2D eigenvalue weighted by Crippen LogP contribution is 2.21. The number of nitrogens with zero attached hydrogens (tertiary/aromatic N) is 4. The Balaban J connectivity index is 2.23. The monoisotopic (exact) mass is 387 g/mol. The van der Waals surface area contributed by atoms with Crippen LogP contribution in [-0.2, 0) is 16.0 Å². The minimum Gasteiger partial charge on any atom is -0.370 e. The number of carbonyl (C=O) groups excluding carboxylic acids is 3. The maximum Gasteiger partial charge on any atom is 0.360 e. The molecule has 0 saturated heterocycles. The molecule has 0 radical (unpaired) electrons. The third-order valence-electron chi connectivity index (χ3n) is 4.14. The predicted molar refractivity (Wildman–Crippen MR) is 101 cm³/mol. The number of amides is 2. The largest absolute Gasteiger partial charge is 0.370 e. The molecule has 5 N–H and O–H groups in total. The van der Waals surface area contributed by atoms with E-state index < -0.39 is 23.9 Å². The highest BCUT2D eigenvalue weighted by molar-refractivity contribution is 5.90. The van der Waals surface area contributed by atoms with Crippen molar-refractivity contribution in [1.29, 1.82) is 0 Å². The second-order valence-corrected chi connectivity index (χ2v) is 6.43. The zero-order valence-corrected chi connectivity index (χ0v) is 15.7. The first-order valence-corrected chi connectivity index (χ1v) is 9.12. The lowest BCUT2D eigenvalue weighted by atomic mass is 9.89. The maximum absolute atomic E-state index is 12.9. The molecule has 0 aliphatic carbocycles. The molecular weight excluding hydrogens is 362 g/mol. The van der Waals surface area contributed by atoms with Crippen molar-refractivity contribution < 1.29 is 14.4 Å². The predicted octanol–water partition coefficient (Wildman–Crippen LogP) is 0.129. The summed E-state index contributed by atoms with van der Waals surface area (Å²) in [6, 6.07) is 7.89. The van der Waals surface area contributed by atoms with Crippen LogP contribution in [0.25, 0.3) is 0 Å². The summed E-state index contributed by atoms with van der Waals surface area (Å²) in [5, 5.41) is 14.3. The number of rotatable bonds is 10. The molecule has 150 valence electrons. The van der Waals surface area contributed by atoms with Gasteiger partial charge in [-0.2, -0.15) is 0 Å². The molecule has 2 amide bonds. The van der Waals surface area contributed by atoms with Gasteiger partial charge in [0.15, 0.2) is 11.6 Å². The number of tetrazole rings is 1. The van der Waals surface area contributed by atoms with Gasteiger partial charge in [0.2, 0.25) is 5.91 Å². The van der Waals surface area contributed by atoms with E-state index >= 15 is 0 Å². The molecule has 1 aromatic heterocycles. The average molecular weight is 387 g/mol. The summed E-state index contributed by atoms with van der Waals surface area (Å²) >= 11 is 0. The summed E-state index contributed by atoms with van der Waals surface area (Å²) < 4.78 is 0. The van der Waals surface area contributed by atoms with Crippen LogP contribution < -0.4 is 16.8 Å². The Morgan fingerprint density at radius 1 is 1.21 bits per heavy atom. The van der Waals surface area contributed by atoms with Crippen LogP contribution in [0.5, 0.6) is 0 Å². The molecule has 0 saturated carbocycles. The molecular formula is C18H25N7O3. The van der Waals surface area contributed by atoms with E-state index in [0.717, 1.165) is 16.8 Å². The third kappa shape index (κ3) is 5.95. The molecule has 0 aliphatic heterocycles. The molecule has 1 aromatic carbocycles. The number of aromatic nitrogens is 4. The van der Waals surface area contributed by atoms with Crippen molar-refractivity contribution in [3.8, 4) is 0 Å². The normalized spacial score (nSPS) is 12.9. The zero-order valence-electron chi connectivity index (χ0n) is 15.7. The van der Waals surface area contributed by atoms with Crippen LogP contribution in [-0.4, -0.2) is 50.5 Å². The Morgan fingerprint density at radius 3 is 2.57 bits per heavy atom. The number of hydrogen-bond acceptors (Lipinski definition) is 7. The van der Waals surface area contributed by atoms with Crippen LogP contribution in [0.2, 0.25) is 0 Å². The standard InChI is InChI=1S/C18H25N7O3/c1-2-10-21-18(28)25-23-17(22-24-25)13(11-12-6-4-3-5-7-12)16(27)14(19)8-9-15(20)26/h3-7,13-14H,2,8-11,19H2,1H3,(H2,20,26)(H,21,28)/t13?,14-/m0/s1. The van der Waals surface area contributed by atoms with E-state index in [0.29, 0.717) is 13.0 Å². The van der Waals surface area contributed by atoms with Gasteiger partial charge in [-0.1, -0.05) is 42.1 Å². The van der Waals surface area contributed by atoms with Crippen molar-refractivity contribution in [1.82, 2.24) is 25.5 Å². The number of benzene rings is 1. The SMILES string of the molecule is CCCNC(=O)n1nnc(C(Cc2ccccc2)C(=O)[C@@H](N)CCC(N)=O)n1. The van der Waals surface area contributed by atoms with Gasteiger partial charge in [0, 0.05) is 13.0 Å². The maximum atomic E-state index is 12.9. The number of primary amides is 1. The Morgan fingerprint density at radius 2 is 1.93 bits per heavy atom. The third-order valence-corrected chi connectivity index (χ3v) is 4.14. The van der Waals surface area contributed by atoms with E-state index in [2.05, 4.69) is 20.7 Å². The van der Waals surface area contributed by atoms with Crippen LogP contribution >= 0.6 is 0 Å². The van der Waals surface area contributed by atoms with E-state index in [1.165, 1.54) is 0 Å². The van der Waals surface area contributed by atoms with Crippen molar-refractivity contribution in [2.75, 3.05) is 6.54 Å². The van der Waals surface area contributed by atoms with E-state index in [1.807, 2.05) is 37.3 Å². The Bertz CT molecular complexity index is 807. The molecule has 2 aromatic rings. The molecule has 0 fully saturated rings. The van der Waals surface area contributed by atoms with Gasteiger partial charge in [0.25, 0.3) is 0 Å². The van der Waals surface area contributed by atoms with Gasteiger partial charge < -0.3 is 16.8 Å². The molecule has 2 atom stereocenters. The molecule has 10 nitrogen and oxygen atoms in total. The van der Waals surface area contributed by atoms with E-state index in [-0.39, 0.29) is 24.4 Å². The lowest BCUT2D eigenvalue weighted by Crippen LogP contribution is -2.37. The summed E-state index contributed by atoms with van der Waals surface area (Å²) in [5.74, 6) is -1.55. The van der Waals surface area contributed by atoms with Gasteiger partial charge in [-0.05, 0) is 30.0 Å². The summed E-state index contributed by atoms with van der Waals surface area (Å²) in [7, 11) is 0. The quantitative estimate of drug-likeness (QED) is 0.522. The molecule has 1 heterocycles. The first-order chi connectivity index (χ1) is 13.4. The van der Waals surface area contributed by atoms with Gasteiger partial charge in [-0.25, -0.2) is 4.79 Å². The van der Waals surface area contributed by atoms with Gasteiger partial charge in [-0.3, -0.25) is 9.59 Å². The molecule has 28 heavy (non-hydrogen) atoms. The van der Waals surface area contributed by atoms with E-state index in [9.17, 15) is 14.4 Å². The molecule has 10 heteroatoms. The molecule has 0 aliphatic rings. The van der Waals surface area contributed by atoms with Gasteiger partial charge in [0.05, 0.1) is 12.0 Å². The van der Waals surface area contributed by atoms with Crippen LogP contribution in [0.3, 0.4) is 0 Å². The van der Waals surface area contributed by atoms with E-state index in [4.69, 9.17) is 11.5 Å². The van der Waals surface area contributed by atoms with Crippen LogP contribution in [0.15, 0.2) is 30.3 Å². The van der Waals surface area contributed by atoms with Crippen molar-refractivity contribution in [2.45, 2.75) is 44.6 Å². The minimum atomic E-state index is -0.901. The fraction of sp³-hybridized carbons (Fsp3) is 0.444. The van der Waals surface area contributed by atoms with Crippen LogP contribution in [0.4, 0.5) is 4.79 Å². The number of ketones is 1. The van der Waals surface area contributed by atoms with Gasteiger partial charge in [0.1, 0.15) is 0 Å². The number of hydrogen-bond donors (Lipinski definition) is 3. The fourth-order valence-electron chi connectivity index (χ4n) is 2.62. The molecule has 0 spiro atoms. The first kappa shape index (κ1) is 21.2. The minimum absolute atomic E-state index is 0.00447. The molecule has 1 unspecified atom stereocenters. The van der Waals surface area contributed by atoms with Gasteiger partial charge in [-0.15, -0.1) is 10.2 Å². The van der Waals surface area contributed by atoms with Crippen molar-refractivity contribution >= 4 is 17.7 Å². The van der Waals surface area contributed by atoms with Gasteiger partial charge >= 0.3 is 6.03 Å². The van der Waals surface area contributed by atoms with Crippen molar-refractivity contribution in [3.63, 3.8) is 0 Å². The topological polar surface area (TPSA) is 159 Å². The highest BCUT2D eigenvalue weighted by atomic mass is 16.2. The summed E-state index contributed by atoms with van der Waals surface area (Å²) in [5.41, 5.74) is 12.0.